The summed E-state index contributed by atoms with van der Waals surface area (Å²) in [6, 6.07) is 5.15. The monoisotopic (exact) mass is 313 g/mol. The van der Waals surface area contributed by atoms with E-state index in [-0.39, 0.29) is 5.82 Å². The minimum absolute atomic E-state index is 0.195. The molecule has 0 radical (unpaired) electrons. The Morgan fingerprint density at radius 2 is 2.11 bits per heavy atom. The van der Waals surface area contributed by atoms with E-state index in [0.717, 1.165) is 31.5 Å². The molecule has 100 valence electrons. The summed E-state index contributed by atoms with van der Waals surface area (Å²) >= 11 is 3.27. The van der Waals surface area contributed by atoms with Crippen molar-refractivity contribution in [3.63, 3.8) is 0 Å². The Morgan fingerprint density at radius 1 is 1.33 bits per heavy atom. The minimum atomic E-state index is -0.195. The third-order valence-electron chi connectivity index (χ3n) is 2.58. The summed E-state index contributed by atoms with van der Waals surface area (Å²) in [6.45, 7) is 6.46. The van der Waals surface area contributed by atoms with Crippen molar-refractivity contribution in [2.75, 3.05) is 13.1 Å². The molecule has 0 spiro atoms. The van der Waals surface area contributed by atoms with Crippen molar-refractivity contribution in [1.29, 1.82) is 0 Å². The van der Waals surface area contributed by atoms with Gasteiger partial charge in [-0.3, -0.25) is 0 Å². The fourth-order valence-electron chi connectivity index (χ4n) is 1.61. The van der Waals surface area contributed by atoms with Gasteiger partial charge in [-0.25, -0.2) is 4.39 Å². The summed E-state index contributed by atoms with van der Waals surface area (Å²) in [5, 5.41) is 3.38. The molecule has 0 aliphatic carbocycles. The lowest BCUT2D eigenvalue weighted by atomic mass is 10.1. The van der Waals surface area contributed by atoms with Gasteiger partial charge in [0.15, 0.2) is 0 Å². The third kappa shape index (κ3) is 5.78. The van der Waals surface area contributed by atoms with Gasteiger partial charge in [0.1, 0.15) is 5.82 Å². The van der Waals surface area contributed by atoms with E-state index < -0.39 is 0 Å². The molecular formula is C15H21BrFN. The minimum Gasteiger partial charge on any atom is -0.316 e. The second-order valence-electron chi connectivity index (χ2n) is 4.78. The van der Waals surface area contributed by atoms with E-state index in [1.165, 1.54) is 6.07 Å². The van der Waals surface area contributed by atoms with Crippen LogP contribution < -0.4 is 5.32 Å². The van der Waals surface area contributed by atoms with Crippen LogP contribution in [0.2, 0.25) is 0 Å². The zero-order valence-electron chi connectivity index (χ0n) is 11.0. The van der Waals surface area contributed by atoms with E-state index in [1.807, 2.05) is 6.07 Å². The second-order valence-corrected chi connectivity index (χ2v) is 5.57. The molecule has 0 amide bonds. The number of nitrogens with one attached hydrogen (secondary N) is 1. The van der Waals surface area contributed by atoms with Gasteiger partial charge in [-0.05, 0) is 59.4 Å². The molecule has 3 heteroatoms. The van der Waals surface area contributed by atoms with Crippen molar-refractivity contribution in [3.05, 3.63) is 46.2 Å². The molecule has 1 nitrogen and oxygen atoms in total. The maximum absolute atomic E-state index is 13.2. The standard InChI is InChI=1S/C15H21BrFN/c1-12(2)11-18-10-5-3-4-7-13-8-6-9-14(17)15(13)16/h3-4,6,8-9,12,18H,5,7,10-11H2,1-2H3/b4-3+. The van der Waals surface area contributed by atoms with Crippen LogP contribution in [0.5, 0.6) is 0 Å². The zero-order valence-corrected chi connectivity index (χ0v) is 12.6. The Bertz CT molecular complexity index is 388. The molecule has 0 bridgehead atoms. The molecule has 0 aliphatic heterocycles. The Balaban J connectivity index is 2.26. The van der Waals surface area contributed by atoms with Gasteiger partial charge in [-0.2, -0.15) is 0 Å². The molecule has 1 aromatic rings. The van der Waals surface area contributed by atoms with Crippen LogP contribution in [0.1, 0.15) is 25.8 Å². The SMILES string of the molecule is CC(C)CNCC/C=C/Cc1cccc(F)c1Br. The van der Waals surface area contributed by atoms with Crippen molar-refractivity contribution in [2.45, 2.75) is 26.7 Å². The number of rotatable bonds is 7. The van der Waals surface area contributed by atoms with Crippen LogP contribution in [0.15, 0.2) is 34.8 Å². The van der Waals surface area contributed by atoms with Gasteiger partial charge in [0.2, 0.25) is 0 Å². The van der Waals surface area contributed by atoms with Gasteiger partial charge in [0, 0.05) is 0 Å². The van der Waals surface area contributed by atoms with Crippen molar-refractivity contribution >= 4 is 15.9 Å². The first-order valence-corrected chi connectivity index (χ1v) is 7.19. The van der Waals surface area contributed by atoms with Gasteiger partial charge in [0.25, 0.3) is 0 Å². The lowest BCUT2D eigenvalue weighted by molar-refractivity contribution is 0.556. The van der Waals surface area contributed by atoms with Gasteiger partial charge >= 0.3 is 0 Å². The summed E-state index contributed by atoms with van der Waals surface area (Å²) in [5.74, 6) is 0.497. The molecule has 0 aromatic heterocycles. The molecule has 18 heavy (non-hydrogen) atoms. The summed E-state index contributed by atoms with van der Waals surface area (Å²) in [6.07, 6.45) is 6.02. The van der Waals surface area contributed by atoms with Crippen molar-refractivity contribution in [1.82, 2.24) is 5.32 Å². The Morgan fingerprint density at radius 3 is 2.83 bits per heavy atom. The summed E-state index contributed by atoms with van der Waals surface area (Å²) in [4.78, 5) is 0. The Hall–Kier alpha value is -0.670. The molecule has 0 unspecified atom stereocenters. The second kappa shape index (κ2) is 8.44. The normalized spacial score (nSPS) is 11.6. The Labute approximate surface area is 118 Å². The number of benzene rings is 1. The lowest BCUT2D eigenvalue weighted by Crippen LogP contribution is -2.20. The first-order chi connectivity index (χ1) is 8.61. The molecule has 1 aromatic carbocycles. The predicted molar refractivity (Wildman–Crippen MR) is 79.3 cm³/mol. The maximum atomic E-state index is 13.2. The zero-order chi connectivity index (χ0) is 13.4. The summed E-state index contributed by atoms with van der Waals surface area (Å²) in [7, 11) is 0. The van der Waals surface area contributed by atoms with Crippen LogP contribution in [-0.2, 0) is 6.42 Å². The van der Waals surface area contributed by atoms with Crippen LogP contribution >= 0.6 is 15.9 Å². The molecule has 0 saturated heterocycles. The number of halogens is 2. The van der Waals surface area contributed by atoms with Crippen LogP contribution in [0.3, 0.4) is 0 Å². The fourth-order valence-corrected chi connectivity index (χ4v) is 2.04. The highest BCUT2D eigenvalue weighted by Crippen LogP contribution is 2.20. The van der Waals surface area contributed by atoms with E-state index in [0.29, 0.717) is 10.4 Å². The average molecular weight is 314 g/mol. The fraction of sp³-hybridized carbons (Fsp3) is 0.467. The number of allylic oxidation sites excluding steroid dienone is 1. The van der Waals surface area contributed by atoms with E-state index in [4.69, 9.17) is 0 Å². The topological polar surface area (TPSA) is 12.0 Å². The van der Waals surface area contributed by atoms with Crippen LogP contribution in [0, 0.1) is 11.7 Å². The lowest BCUT2D eigenvalue weighted by Gasteiger charge is -2.05. The van der Waals surface area contributed by atoms with Gasteiger partial charge in [-0.1, -0.05) is 38.1 Å². The quantitative estimate of drug-likeness (QED) is 0.584. The highest BCUT2D eigenvalue weighted by atomic mass is 79.9. The van der Waals surface area contributed by atoms with Crippen LogP contribution in [0.25, 0.3) is 0 Å². The highest BCUT2D eigenvalue weighted by molar-refractivity contribution is 9.10. The number of hydrogen-bond acceptors (Lipinski definition) is 1. The first kappa shape index (κ1) is 15.4. The molecule has 0 fully saturated rings. The van der Waals surface area contributed by atoms with E-state index in [2.05, 4.69) is 47.2 Å². The molecule has 0 aliphatic rings. The smallest absolute Gasteiger partial charge is 0.137 e. The molecular weight excluding hydrogens is 293 g/mol. The molecule has 0 heterocycles. The van der Waals surface area contributed by atoms with Crippen molar-refractivity contribution in [3.8, 4) is 0 Å². The predicted octanol–water partition coefficient (Wildman–Crippen LogP) is 4.32. The van der Waals surface area contributed by atoms with Crippen molar-refractivity contribution in [2.24, 2.45) is 5.92 Å². The molecule has 0 atom stereocenters. The average Bonchev–Trinajstić information content (AvgIpc) is 2.32. The Kier molecular flexibility index (Phi) is 7.21. The molecule has 0 saturated carbocycles. The summed E-state index contributed by atoms with van der Waals surface area (Å²) in [5.41, 5.74) is 0.987. The van der Waals surface area contributed by atoms with Crippen molar-refractivity contribution < 1.29 is 4.39 Å². The van der Waals surface area contributed by atoms with Crippen LogP contribution in [-0.4, -0.2) is 13.1 Å². The third-order valence-corrected chi connectivity index (χ3v) is 3.46. The van der Waals surface area contributed by atoms with Gasteiger partial charge in [0.05, 0.1) is 4.47 Å². The number of hydrogen-bond donors (Lipinski definition) is 1. The van der Waals surface area contributed by atoms with E-state index in [1.54, 1.807) is 6.07 Å². The summed E-state index contributed by atoms with van der Waals surface area (Å²) < 4.78 is 13.8. The van der Waals surface area contributed by atoms with Crippen LogP contribution in [0.4, 0.5) is 4.39 Å². The first-order valence-electron chi connectivity index (χ1n) is 6.40. The molecule has 1 rings (SSSR count). The maximum Gasteiger partial charge on any atom is 0.137 e. The van der Waals surface area contributed by atoms with Gasteiger partial charge < -0.3 is 5.32 Å². The van der Waals surface area contributed by atoms with E-state index in [9.17, 15) is 4.39 Å². The van der Waals surface area contributed by atoms with Gasteiger partial charge in [-0.15, -0.1) is 0 Å². The molecule has 1 N–H and O–H groups in total. The highest BCUT2D eigenvalue weighted by Gasteiger charge is 2.02. The largest absolute Gasteiger partial charge is 0.316 e. The van der Waals surface area contributed by atoms with E-state index >= 15 is 0 Å².